The first-order chi connectivity index (χ1) is 16.6. The van der Waals surface area contributed by atoms with E-state index in [0.29, 0.717) is 5.69 Å². The summed E-state index contributed by atoms with van der Waals surface area (Å²) >= 11 is 1.59. The van der Waals surface area contributed by atoms with Crippen LogP contribution in [0.3, 0.4) is 0 Å². The van der Waals surface area contributed by atoms with E-state index in [1.54, 1.807) is 40.9 Å². The third kappa shape index (κ3) is 4.31. The number of esters is 1. The fourth-order valence-corrected chi connectivity index (χ4v) is 4.60. The van der Waals surface area contributed by atoms with Crippen molar-refractivity contribution in [2.75, 3.05) is 16.8 Å². The fraction of sp³-hybridized carbons (Fsp3) is 0.0385. The molecule has 2 amide bonds. The lowest BCUT2D eigenvalue weighted by atomic mass is 10.2. The van der Waals surface area contributed by atoms with Gasteiger partial charge in [0.15, 0.2) is 12.4 Å². The van der Waals surface area contributed by atoms with Crippen LogP contribution in [0.2, 0.25) is 0 Å². The number of ether oxygens (including phenoxy) is 1. The Bertz CT molecular complexity index is 1320. The van der Waals surface area contributed by atoms with Crippen molar-refractivity contribution in [3.05, 3.63) is 103 Å². The SMILES string of the molecule is O=C(OCC(=O)N1c2ccccc2Sc2ccccc21)c1ccc(NC(=O)c2ccco2)cc1. The van der Waals surface area contributed by atoms with Crippen LogP contribution in [-0.2, 0) is 9.53 Å². The number of furan rings is 1. The molecule has 0 bridgehead atoms. The maximum absolute atomic E-state index is 13.1. The van der Waals surface area contributed by atoms with Gasteiger partial charge in [-0.2, -0.15) is 0 Å². The summed E-state index contributed by atoms with van der Waals surface area (Å²) < 4.78 is 10.4. The first-order valence-corrected chi connectivity index (χ1v) is 11.2. The Balaban J connectivity index is 1.25. The molecule has 1 N–H and O–H groups in total. The van der Waals surface area contributed by atoms with Crippen LogP contribution in [0.25, 0.3) is 0 Å². The van der Waals surface area contributed by atoms with Gasteiger partial charge in [0.1, 0.15) is 0 Å². The highest BCUT2D eigenvalue weighted by Gasteiger charge is 2.28. The van der Waals surface area contributed by atoms with Crippen LogP contribution < -0.4 is 10.2 Å². The van der Waals surface area contributed by atoms with Gasteiger partial charge in [-0.25, -0.2) is 4.79 Å². The predicted molar refractivity (Wildman–Crippen MR) is 128 cm³/mol. The van der Waals surface area contributed by atoms with Gasteiger partial charge in [-0.3, -0.25) is 14.5 Å². The molecule has 5 rings (SSSR count). The summed E-state index contributed by atoms with van der Waals surface area (Å²) in [5.74, 6) is -1.20. The minimum Gasteiger partial charge on any atom is -0.459 e. The van der Waals surface area contributed by atoms with Crippen LogP contribution in [0, 0.1) is 0 Å². The second kappa shape index (κ2) is 9.29. The van der Waals surface area contributed by atoms with Crippen molar-refractivity contribution in [3.63, 3.8) is 0 Å². The number of carbonyl (C=O) groups excluding carboxylic acids is 3. The van der Waals surface area contributed by atoms with Crippen LogP contribution in [0.4, 0.5) is 17.1 Å². The van der Waals surface area contributed by atoms with Gasteiger partial charge in [-0.15, -0.1) is 0 Å². The number of nitrogens with one attached hydrogen (secondary N) is 1. The first kappa shape index (κ1) is 21.5. The normalized spacial score (nSPS) is 11.8. The van der Waals surface area contributed by atoms with Crippen molar-refractivity contribution in [2.45, 2.75) is 9.79 Å². The van der Waals surface area contributed by atoms with Crippen LogP contribution in [0.1, 0.15) is 20.9 Å². The zero-order valence-electron chi connectivity index (χ0n) is 17.8. The smallest absolute Gasteiger partial charge is 0.338 e. The highest BCUT2D eigenvalue weighted by atomic mass is 32.2. The average Bonchev–Trinajstić information content (AvgIpc) is 3.41. The minimum atomic E-state index is -0.634. The molecule has 168 valence electrons. The summed E-state index contributed by atoms with van der Waals surface area (Å²) in [6, 6.07) is 24.6. The summed E-state index contributed by atoms with van der Waals surface area (Å²) in [7, 11) is 0. The molecule has 0 saturated carbocycles. The number of hydrogen-bond acceptors (Lipinski definition) is 6. The Morgan fingerprint density at radius 1 is 0.824 bits per heavy atom. The fourth-order valence-electron chi connectivity index (χ4n) is 3.54. The second-order valence-electron chi connectivity index (χ2n) is 7.35. The minimum absolute atomic E-state index is 0.182. The Hall–Kier alpha value is -4.30. The van der Waals surface area contributed by atoms with Gasteiger partial charge in [-0.05, 0) is 60.7 Å². The van der Waals surface area contributed by atoms with Gasteiger partial charge in [0.2, 0.25) is 0 Å². The topological polar surface area (TPSA) is 88.9 Å². The van der Waals surface area contributed by atoms with Crippen molar-refractivity contribution in [3.8, 4) is 0 Å². The molecule has 1 aliphatic heterocycles. The van der Waals surface area contributed by atoms with Crippen molar-refractivity contribution in [1.29, 1.82) is 0 Å². The highest BCUT2D eigenvalue weighted by Crippen LogP contribution is 2.47. The number of nitrogens with zero attached hydrogens (tertiary/aromatic N) is 1. The zero-order chi connectivity index (χ0) is 23.5. The van der Waals surface area contributed by atoms with E-state index in [1.807, 2.05) is 48.5 Å². The van der Waals surface area contributed by atoms with Gasteiger partial charge in [-0.1, -0.05) is 36.0 Å². The van der Waals surface area contributed by atoms with E-state index in [1.165, 1.54) is 18.4 Å². The molecular weight excluding hydrogens is 452 g/mol. The molecule has 8 heteroatoms. The molecule has 1 aliphatic rings. The van der Waals surface area contributed by atoms with E-state index >= 15 is 0 Å². The van der Waals surface area contributed by atoms with Gasteiger partial charge in [0, 0.05) is 15.5 Å². The van der Waals surface area contributed by atoms with E-state index in [9.17, 15) is 14.4 Å². The predicted octanol–water partition coefficient (Wildman–Crippen LogP) is 5.52. The van der Waals surface area contributed by atoms with Crippen LogP contribution in [0.5, 0.6) is 0 Å². The number of fused-ring (bicyclic) bond motifs is 2. The molecule has 0 unspecified atom stereocenters. The molecule has 0 atom stereocenters. The van der Waals surface area contributed by atoms with Crippen molar-refractivity contribution < 1.29 is 23.5 Å². The average molecular weight is 471 g/mol. The van der Waals surface area contributed by atoms with Gasteiger partial charge in [0.05, 0.1) is 23.2 Å². The number of anilines is 3. The van der Waals surface area contributed by atoms with Crippen LogP contribution in [-0.4, -0.2) is 24.4 Å². The summed E-state index contributed by atoms with van der Waals surface area (Å²) in [5, 5.41) is 2.67. The van der Waals surface area contributed by atoms with Gasteiger partial charge < -0.3 is 14.5 Å². The molecule has 0 radical (unpaired) electrons. The maximum Gasteiger partial charge on any atom is 0.338 e. The number of para-hydroxylation sites is 2. The zero-order valence-corrected chi connectivity index (χ0v) is 18.6. The monoisotopic (exact) mass is 470 g/mol. The number of benzene rings is 3. The molecule has 0 spiro atoms. The summed E-state index contributed by atoms with van der Waals surface area (Å²) in [6.07, 6.45) is 1.41. The molecule has 3 aromatic carbocycles. The molecule has 1 aromatic heterocycles. The quantitative estimate of drug-likeness (QED) is 0.387. The lowest BCUT2D eigenvalue weighted by Gasteiger charge is -2.30. The standard InChI is InChI=1S/C26H18N2O5S/c29-24(28-19-6-1-3-9-22(19)34-23-10-4-2-7-20(23)28)16-33-26(31)17-11-13-18(14-12-17)27-25(30)21-8-5-15-32-21/h1-15H,16H2,(H,27,30). The molecular formula is C26H18N2O5S. The van der Waals surface area contributed by atoms with E-state index in [0.717, 1.165) is 21.2 Å². The maximum atomic E-state index is 13.1. The molecule has 0 aliphatic carbocycles. The van der Waals surface area contributed by atoms with Crippen LogP contribution >= 0.6 is 11.8 Å². The third-order valence-electron chi connectivity index (χ3n) is 5.13. The second-order valence-corrected chi connectivity index (χ2v) is 8.44. The molecule has 2 heterocycles. The Labute approximate surface area is 199 Å². The van der Waals surface area contributed by atoms with E-state index in [-0.39, 0.29) is 17.2 Å². The molecule has 4 aromatic rings. The van der Waals surface area contributed by atoms with E-state index in [2.05, 4.69) is 5.32 Å². The van der Waals surface area contributed by atoms with Gasteiger partial charge >= 0.3 is 5.97 Å². The highest BCUT2D eigenvalue weighted by molar-refractivity contribution is 7.99. The van der Waals surface area contributed by atoms with E-state index < -0.39 is 18.5 Å². The summed E-state index contributed by atoms with van der Waals surface area (Å²) in [4.78, 5) is 41.2. The number of carbonyl (C=O) groups is 3. The molecule has 0 fully saturated rings. The largest absolute Gasteiger partial charge is 0.459 e. The molecule has 7 nitrogen and oxygen atoms in total. The Morgan fingerprint density at radius 2 is 1.47 bits per heavy atom. The lowest BCUT2D eigenvalue weighted by molar-refractivity contribution is -0.121. The van der Waals surface area contributed by atoms with E-state index in [4.69, 9.17) is 9.15 Å². The lowest BCUT2D eigenvalue weighted by Crippen LogP contribution is -2.32. The Morgan fingerprint density at radius 3 is 2.09 bits per heavy atom. The third-order valence-corrected chi connectivity index (χ3v) is 6.26. The van der Waals surface area contributed by atoms with Crippen molar-refractivity contribution >= 4 is 46.6 Å². The van der Waals surface area contributed by atoms with Crippen LogP contribution in [0.15, 0.2) is 105 Å². The molecule has 34 heavy (non-hydrogen) atoms. The van der Waals surface area contributed by atoms with Crippen molar-refractivity contribution in [1.82, 2.24) is 0 Å². The number of rotatable bonds is 5. The molecule has 0 saturated heterocycles. The van der Waals surface area contributed by atoms with Gasteiger partial charge in [0.25, 0.3) is 11.8 Å². The first-order valence-electron chi connectivity index (χ1n) is 10.4. The number of amides is 2. The Kier molecular flexibility index (Phi) is 5.88. The summed E-state index contributed by atoms with van der Waals surface area (Å²) in [5.41, 5.74) is 2.26. The summed E-state index contributed by atoms with van der Waals surface area (Å²) in [6.45, 7) is -0.414. The number of hydrogen-bond donors (Lipinski definition) is 1. The van der Waals surface area contributed by atoms with Crippen molar-refractivity contribution in [2.24, 2.45) is 0 Å².